The molecule has 3 amide bonds. The number of rotatable bonds is 7. The second-order valence-corrected chi connectivity index (χ2v) is 11.3. The third-order valence-electron chi connectivity index (χ3n) is 9.11. The van der Waals surface area contributed by atoms with Crippen LogP contribution in [0.3, 0.4) is 0 Å². The molecule has 0 saturated carbocycles. The molecule has 0 bridgehead atoms. The molecule has 3 heterocycles. The van der Waals surface area contributed by atoms with E-state index in [4.69, 9.17) is 0 Å². The Bertz CT molecular complexity index is 1340. The molecule has 0 radical (unpaired) electrons. The van der Waals surface area contributed by atoms with E-state index in [-0.39, 0.29) is 37.0 Å². The van der Waals surface area contributed by atoms with Crippen LogP contribution in [0.15, 0.2) is 42.5 Å². The summed E-state index contributed by atoms with van der Waals surface area (Å²) in [5.41, 5.74) is 1.13. The van der Waals surface area contributed by atoms with E-state index in [0.29, 0.717) is 44.5 Å². The molecule has 3 aliphatic heterocycles. The minimum Gasteiger partial charge on any atom is -0.406 e. The Morgan fingerprint density at radius 2 is 1.78 bits per heavy atom. The van der Waals surface area contributed by atoms with Gasteiger partial charge in [0.2, 0.25) is 11.8 Å². The van der Waals surface area contributed by atoms with Gasteiger partial charge in [-0.1, -0.05) is 38.1 Å². The average molecular weight is 574 g/mol. The van der Waals surface area contributed by atoms with E-state index in [0.717, 1.165) is 16.7 Å². The van der Waals surface area contributed by atoms with E-state index >= 15 is 0 Å². The highest BCUT2D eigenvalue weighted by molar-refractivity contribution is 6.05. The number of benzene rings is 2. The second kappa shape index (κ2) is 10.8. The molecule has 8 nitrogen and oxygen atoms in total. The number of piperidine rings is 2. The van der Waals surface area contributed by atoms with Gasteiger partial charge in [0.15, 0.2) is 0 Å². The van der Waals surface area contributed by atoms with Gasteiger partial charge in [0, 0.05) is 43.6 Å². The number of amides is 3. The van der Waals surface area contributed by atoms with Crippen molar-refractivity contribution in [3.8, 4) is 5.75 Å². The van der Waals surface area contributed by atoms with Crippen molar-refractivity contribution in [3.05, 3.63) is 64.7 Å². The number of hydrogen-bond acceptors (Lipinski definition) is 6. The smallest absolute Gasteiger partial charge is 0.406 e. The lowest BCUT2D eigenvalue weighted by Crippen LogP contribution is -2.57. The predicted octanol–water partition coefficient (Wildman–Crippen LogP) is 4.25. The van der Waals surface area contributed by atoms with Crippen LogP contribution in [0.25, 0.3) is 0 Å². The summed E-state index contributed by atoms with van der Waals surface area (Å²) in [7, 11) is 0. The molecule has 2 unspecified atom stereocenters. The monoisotopic (exact) mass is 573 g/mol. The fourth-order valence-electron chi connectivity index (χ4n) is 6.75. The molecule has 3 aliphatic rings. The Labute approximate surface area is 236 Å². The van der Waals surface area contributed by atoms with Crippen LogP contribution in [0, 0.1) is 5.41 Å². The van der Waals surface area contributed by atoms with Crippen molar-refractivity contribution in [2.24, 2.45) is 5.41 Å². The molecule has 0 spiro atoms. The molecule has 5 rings (SSSR count). The highest BCUT2D eigenvalue weighted by atomic mass is 19.4. The number of fused-ring (bicyclic) bond motifs is 1. The zero-order valence-corrected chi connectivity index (χ0v) is 23.1. The third-order valence-corrected chi connectivity index (χ3v) is 9.11. The van der Waals surface area contributed by atoms with Gasteiger partial charge in [0.1, 0.15) is 11.8 Å². The van der Waals surface area contributed by atoms with Crippen molar-refractivity contribution in [3.63, 3.8) is 0 Å². The van der Waals surface area contributed by atoms with Gasteiger partial charge in [-0.05, 0) is 60.6 Å². The van der Waals surface area contributed by atoms with Crippen LogP contribution in [-0.4, -0.2) is 58.1 Å². The summed E-state index contributed by atoms with van der Waals surface area (Å²) >= 11 is 0. The Kier molecular flexibility index (Phi) is 7.63. The normalized spacial score (nSPS) is 24.8. The van der Waals surface area contributed by atoms with E-state index in [1.807, 2.05) is 19.9 Å². The van der Waals surface area contributed by atoms with Gasteiger partial charge >= 0.3 is 6.36 Å². The van der Waals surface area contributed by atoms with Gasteiger partial charge in [0.05, 0.1) is 5.60 Å². The number of alkyl halides is 3. The first kappa shape index (κ1) is 29.1. The lowest BCUT2D eigenvalue weighted by molar-refractivity contribution is -0.274. The van der Waals surface area contributed by atoms with Crippen LogP contribution < -0.4 is 10.1 Å². The molecular formula is C30H34F3N3O5. The molecule has 2 N–H and O–H groups in total. The first-order valence-electron chi connectivity index (χ1n) is 14.0. The number of imide groups is 1. The second-order valence-electron chi connectivity index (χ2n) is 11.3. The van der Waals surface area contributed by atoms with Crippen LogP contribution in [0.4, 0.5) is 13.2 Å². The number of nitrogens with one attached hydrogen (secondary N) is 1. The van der Waals surface area contributed by atoms with Crippen molar-refractivity contribution < 1.29 is 37.4 Å². The fraction of sp³-hybridized carbons (Fsp3) is 0.500. The molecule has 0 aliphatic carbocycles. The number of carbonyl (C=O) groups excluding carboxylic acids is 3. The predicted molar refractivity (Wildman–Crippen MR) is 142 cm³/mol. The van der Waals surface area contributed by atoms with E-state index in [9.17, 15) is 32.7 Å². The minimum absolute atomic E-state index is 0.180. The zero-order valence-electron chi connectivity index (χ0n) is 23.1. The first-order valence-corrected chi connectivity index (χ1v) is 14.0. The standard InChI is InChI=1S/C30H34F3N3O5/c1-3-28(4-2)18-35(16-19-5-8-22(9-6-19)41-30(31,32)33)14-13-29(28,40)21-7-10-23-20(15-21)17-36(27(23)39)24-11-12-25(37)34-26(24)38/h5-10,15,24,40H,3-4,11-14,16-18H2,1-2H3,(H,34,37,38). The van der Waals surface area contributed by atoms with Gasteiger partial charge in [-0.25, -0.2) is 0 Å². The fourth-order valence-corrected chi connectivity index (χ4v) is 6.75. The molecule has 11 heteroatoms. The Morgan fingerprint density at radius 1 is 1.07 bits per heavy atom. The SMILES string of the molecule is CCC1(CC)CN(Cc2ccc(OC(F)(F)F)cc2)CCC1(O)c1ccc2c(c1)CN(C1CCC(=O)NC1=O)C2=O. The molecule has 2 fully saturated rings. The van der Waals surface area contributed by atoms with Gasteiger partial charge in [-0.15, -0.1) is 13.2 Å². The van der Waals surface area contributed by atoms with Gasteiger partial charge in [0.25, 0.3) is 5.91 Å². The molecule has 2 saturated heterocycles. The number of hydrogen-bond donors (Lipinski definition) is 2. The number of halogens is 3. The number of aliphatic hydroxyl groups is 1. The number of ether oxygens (including phenoxy) is 1. The summed E-state index contributed by atoms with van der Waals surface area (Å²) in [6.45, 7) is 5.98. The summed E-state index contributed by atoms with van der Waals surface area (Å²) in [5, 5.41) is 14.6. The van der Waals surface area contributed by atoms with Crippen LogP contribution in [0.1, 0.15) is 73.0 Å². The van der Waals surface area contributed by atoms with Gasteiger partial charge in [-0.3, -0.25) is 24.6 Å². The first-order chi connectivity index (χ1) is 19.4. The summed E-state index contributed by atoms with van der Waals surface area (Å²) in [4.78, 5) is 40.9. The summed E-state index contributed by atoms with van der Waals surface area (Å²) < 4.78 is 41.5. The topological polar surface area (TPSA) is 99.2 Å². The Morgan fingerprint density at radius 3 is 2.41 bits per heavy atom. The summed E-state index contributed by atoms with van der Waals surface area (Å²) in [5.74, 6) is -1.33. The summed E-state index contributed by atoms with van der Waals surface area (Å²) in [6, 6.07) is 10.6. The van der Waals surface area contributed by atoms with E-state index < -0.39 is 29.3 Å². The van der Waals surface area contributed by atoms with E-state index in [1.165, 1.54) is 17.0 Å². The average Bonchev–Trinajstić information content (AvgIpc) is 3.25. The van der Waals surface area contributed by atoms with E-state index in [1.54, 1.807) is 24.3 Å². The quantitative estimate of drug-likeness (QED) is 0.481. The Hall–Kier alpha value is -3.44. The molecule has 2 atom stereocenters. The molecule has 2 aromatic carbocycles. The maximum Gasteiger partial charge on any atom is 0.573 e. The highest BCUT2D eigenvalue weighted by Gasteiger charge is 2.53. The molecular weight excluding hydrogens is 539 g/mol. The highest BCUT2D eigenvalue weighted by Crippen LogP contribution is 2.51. The van der Waals surface area contributed by atoms with E-state index in [2.05, 4.69) is 15.0 Å². The van der Waals surface area contributed by atoms with Crippen molar-refractivity contribution in [1.29, 1.82) is 0 Å². The maximum absolute atomic E-state index is 13.2. The van der Waals surface area contributed by atoms with Crippen LogP contribution in [0.2, 0.25) is 0 Å². The molecule has 2 aromatic rings. The van der Waals surface area contributed by atoms with Crippen LogP contribution >= 0.6 is 0 Å². The number of nitrogens with zero attached hydrogens (tertiary/aromatic N) is 2. The number of likely N-dealkylation sites (tertiary alicyclic amines) is 1. The number of carbonyl (C=O) groups is 3. The maximum atomic E-state index is 13.2. The van der Waals surface area contributed by atoms with Gasteiger partial charge in [-0.2, -0.15) is 0 Å². The Balaban J connectivity index is 1.34. The van der Waals surface area contributed by atoms with Gasteiger partial charge < -0.3 is 14.7 Å². The third kappa shape index (κ3) is 5.44. The minimum atomic E-state index is -4.74. The van der Waals surface area contributed by atoms with Crippen LogP contribution in [0.5, 0.6) is 5.75 Å². The van der Waals surface area contributed by atoms with Crippen molar-refractivity contribution >= 4 is 17.7 Å². The summed E-state index contributed by atoms with van der Waals surface area (Å²) in [6.07, 6.45) is -2.47. The molecule has 220 valence electrons. The lowest BCUT2D eigenvalue weighted by Gasteiger charge is -2.54. The molecule has 41 heavy (non-hydrogen) atoms. The van der Waals surface area contributed by atoms with Crippen molar-refractivity contribution in [2.75, 3.05) is 13.1 Å². The van der Waals surface area contributed by atoms with Crippen LogP contribution in [-0.2, 0) is 28.3 Å². The lowest BCUT2D eigenvalue weighted by atomic mass is 9.61. The van der Waals surface area contributed by atoms with Crippen molar-refractivity contribution in [1.82, 2.24) is 15.1 Å². The largest absolute Gasteiger partial charge is 0.573 e. The van der Waals surface area contributed by atoms with Crippen molar-refractivity contribution in [2.45, 2.75) is 77.0 Å². The zero-order chi connectivity index (χ0) is 29.6. The molecule has 0 aromatic heterocycles.